The van der Waals surface area contributed by atoms with Crippen LogP contribution in [0.15, 0.2) is 12.3 Å². The molecule has 0 unspecified atom stereocenters. The summed E-state index contributed by atoms with van der Waals surface area (Å²) in [6, 6.07) is 2.08. The molecule has 1 N–H and O–H groups in total. The van der Waals surface area contributed by atoms with Crippen molar-refractivity contribution in [3.63, 3.8) is 0 Å². The van der Waals surface area contributed by atoms with Crippen LogP contribution >= 0.6 is 11.3 Å². The van der Waals surface area contributed by atoms with Crippen LogP contribution in [0.1, 0.15) is 36.4 Å². The van der Waals surface area contributed by atoms with Gasteiger partial charge in [-0.15, -0.1) is 10.2 Å². The van der Waals surface area contributed by atoms with Gasteiger partial charge in [-0.2, -0.15) is 5.10 Å². The number of piperidine rings is 1. The van der Waals surface area contributed by atoms with Crippen LogP contribution < -0.4 is 4.74 Å². The van der Waals surface area contributed by atoms with E-state index in [9.17, 15) is 0 Å². The van der Waals surface area contributed by atoms with E-state index >= 15 is 0 Å². The van der Waals surface area contributed by atoms with Gasteiger partial charge >= 0.3 is 0 Å². The average molecular weight is 293 g/mol. The zero-order valence-corrected chi connectivity index (χ0v) is 12.4. The van der Waals surface area contributed by atoms with Gasteiger partial charge in [-0.3, -0.25) is 10.00 Å². The first-order chi connectivity index (χ1) is 9.85. The topological polar surface area (TPSA) is 66.9 Å². The number of rotatable bonds is 5. The van der Waals surface area contributed by atoms with Crippen LogP contribution in [0.4, 0.5) is 0 Å². The van der Waals surface area contributed by atoms with E-state index < -0.39 is 0 Å². The second kappa shape index (κ2) is 6.32. The lowest BCUT2D eigenvalue weighted by Crippen LogP contribution is -2.34. The highest BCUT2D eigenvalue weighted by atomic mass is 32.1. The molecule has 6 nitrogen and oxygen atoms in total. The summed E-state index contributed by atoms with van der Waals surface area (Å²) in [4.78, 5) is 2.44. The second-order valence-corrected chi connectivity index (χ2v) is 6.01. The molecular formula is C13H19N5OS. The third-order valence-corrected chi connectivity index (χ3v) is 4.36. The van der Waals surface area contributed by atoms with Gasteiger partial charge in [0.2, 0.25) is 0 Å². The Morgan fingerprint density at radius 2 is 2.45 bits per heavy atom. The van der Waals surface area contributed by atoms with E-state index in [-0.39, 0.29) is 0 Å². The largest absolute Gasteiger partial charge is 0.469 e. The molecule has 1 fully saturated rings. The summed E-state index contributed by atoms with van der Waals surface area (Å²) in [5.74, 6) is 0.547. The van der Waals surface area contributed by atoms with Crippen molar-refractivity contribution in [1.82, 2.24) is 25.3 Å². The minimum absolute atomic E-state index is 0.547. The molecule has 7 heteroatoms. The molecule has 0 spiro atoms. The normalized spacial score (nSPS) is 20.1. The third kappa shape index (κ3) is 3.16. The fraction of sp³-hybridized carbons (Fsp3) is 0.615. The van der Waals surface area contributed by atoms with Gasteiger partial charge in [0, 0.05) is 24.4 Å². The molecular weight excluding hydrogens is 274 g/mol. The molecule has 0 aromatic carbocycles. The van der Waals surface area contributed by atoms with E-state index in [0.717, 1.165) is 24.6 Å². The monoisotopic (exact) mass is 293 g/mol. The van der Waals surface area contributed by atoms with Gasteiger partial charge < -0.3 is 4.74 Å². The Morgan fingerprint density at radius 3 is 3.25 bits per heavy atom. The molecule has 2 aromatic heterocycles. The molecule has 0 radical (unpaired) electrons. The predicted molar refractivity (Wildman–Crippen MR) is 76.9 cm³/mol. The summed E-state index contributed by atoms with van der Waals surface area (Å²) in [7, 11) is 0. The molecule has 3 heterocycles. The predicted octanol–water partition coefficient (Wildman–Crippen LogP) is 2.04. The number of aromatic nitrogens is 4. The summed E-state index contributed by atoms with van der Waals surface area (Å²) < 4.78 is 5.37. The number of likely N-dealkylation sites (tertiary alicyclic amines) is 1. The highest BCUT2D eigenvalue weighted by Crippen LogP contribution is 2.27. The molecule has 1 aliphatic rings. The van der Waals surface area contributed by atoms with Crippen LogP contribution in [0.2, 0.25) is 0 Å². The van der Waals surface area contributed by atoms with Gasteiger partial charge in [-0.25, -0.2) is 0 Å². The van der Waals surface area contributed by atoms with Crippen molar-refractivity contribution < 1.29 is 4.74 Å². The quantitative estimate of drug-likeness (QED) is 0.913. The maximum Gasteiger partial charge on any atom is 0.294 e. The van der Waals surface area contributed by atoms with Crippen molar-refractivity contribution in [3.8, 4) is 5.19 Å². The summed E-state index contributed by atoms with van der Waals surface area (Å²) in [5, 5.41) is 17.1. The molecule has 0 bridgehead atoms. The number of nitrogens with zero attached hydrogens (tertiary/aromatic N) is 4. The lowest BCUT2D eigenvalue weighted by Gasteiger charge is -2.31. The molecule has 3 rings (SSSR count). The summed E-state index contributed by atoms with van der Waals surface area (Å²) in [5.41, 5.74) is 1.24. The maximum atomic E-state index is 5.37. The fourth-order valence-electron chi connectivity index (χ4n) is 2.62. The first-order valence-corrected chi connectivity index (χ1v) is 7.83. The first kappa shape index (κ1) is 13.5. The Morgan fingerprint density at radius 1 is 1.50 bits per heavy atom. The van der Waals surface area contributed by atoms with E-state index in [1.165, 1.54) is 18.5 Å². The molecule has 0 saturated carbocycles. The van der Waals surface area contributed by atoms with Crippen LogP contribution in [0, 0.1) is 0 Å². The SMILES string of the molecule is CCOc1nnc(CN2CCC[C@@H](c3ccn[nH]3)C2)s1. The van der Waals surface area contributed by atoms with Crippen LogP contribution in [0.5, 0.6) is 5.19 Å². The number of hydrogen-bond donors (Lipinski definition) is 1. The minimum Gasteiger partial charge on any atom is -0.469 e. The molecule has 0 amide bonds. The Kier molecular flexibility index (Phi) is 4.27. The molecule has 108 valence electrons. The Balaban J connectivity index is 1.59. The van der Waals surface area contributed by atoms with Crippen LogP contribution in [-0.2, 0) is 6.54 Å². The molecule has 1 aliphatic heterocycles. The highest BCUT2D eigenvalue weighted by Gasteiger charge is 2.23. The minimum atomic E-state index is 0.547. The Labute approximate surface area is 122 Å². The number of ether oxygens (including phenoxy) is 1. The zero-order chi connectivity index (χ0) is 13.8. The van der Waals surface area contributed by atoms with Crippen molar-refractivity contribution in [3.05, 3.63) is 23.0 Å². The van der Waals surface area contributed by atoms with E-state index in [2.05, 4.69) is 31.4 Å². The van der Waals surface area contributed by atoms with Crippen molar-refractivity contribution >= 4 is 11.3 Å². The van der Waals surface area contributed by atoms with Crippen LogP contribution in [0.3, 0.4) is 0 Å². The lowest BCUT2D eigenvalue weighted by atomic mass is 9.95. The lowest BCUT2D eigenvalue weighted by molar-refractivity contribution is 0.198. The van der Waals surface area contributed by atoms with Gasteiger partial charge in [0.15, 0.2) is 0 Å². The van der Waals surface area contributed by atoms with Gasteiger partial charge in [-0.05, 0) is 32.4 Å². The summed E-state index contributed by atoms with van der Waals surface area (Å²) in [6.45, 7) is 5.62. The van der Waals surface area contributed by atoms with Crippen LogP contribution in [-0.4, -0.2) is 45.0 Å². The van der Waals surface area contributed by atoms with Crippen molar-refractivity contribution in [2.75, 3.05) is 19.7 Å². The summed E-state index contributed by atoms with van der Waals surface area (Å²) >= 11 is 1.54. The first-order valence-electron chi connectivity index (χ1n) is 7.02. The molecule has 1 atom stereocenters. The smallest absolute Gasteiger partial charge is 0.294 e. The molecule has 2 aromatic rings. The molecule has 1 saturated heterocycles. The van der Waals surface area contributed by atoms with Crippen LogP contribution in [0.25, 0.3) is 0 Å². The molecule has 0 aliphatic carbocycles. The van der Waals surface area contributed by atoms with Crippen molar-refractivity contribution in [2.45, 2.75) is 32.2 Å². The second-order valence-electron chi connectivity index (χ2n) is 4.98. The third-order valence-electron chi connectivity index (χ3n) is 3.54. The molecule has 20 heavy (non-hydrogen) atoms. The van der Waals surface area contributed by atoms with Gasteiger partial charge in [0.1, 0.15) is 5.01 Å². The van der Waals surface area contributed by atoms with E-state index in [0.29, 0.717) is 17.7 Å². The Hall–Kier alpha value is -1.47. The highest BCUT2D eigenvalue weighted by molar-refractivity contribution is 7.13. The van der Waals surface area contributed by atoms with Crippen molar-refractivity contribution in [2.24, 2.45) is 0 Å². The van der Waals surface area contributed by atoms with E-state index in [4.69, 9.17) is 4.74 Å². The zero-order valence-electron chi connectivity index (χ0n) is 11.6. The van der Waals surface area contributed by atoms with Gasteiger partial charge in [0.05, 0.1) is 13.2 Å². The fourth-order valence-corrected chi connectivity index (χ4v) is 3.41. The van der Waals surface area contributed by atoms with Gasteiger partial charge in [-0.1, -0.05) is 11.3 Å². The summed E-state index contributed by atoms with van der Waals surface area (Å²) in [6.07, 6.45) is 4.26. The van der Waals surface area contributed by atoms with E-state index in [1.54, 1.807) is 11.3 Å². The number of nitrogens with one attached hydrogen (secondary N) is 1. The Bertz CT molecular complexity index is 527. The standard InChI is InChI=1S/C13H19N5OS/c1-2-19-13-17-16-12(20-13)9-18-7-3-4-10(8-18)11-5-6-14-15-11/h5-6,10H,2-4,7-9H2,1H3,(H,14,15)/t10-/m1/s1. The van der Waals surface area contributed by atoms with Crippen molar-refractivity contribution in [1.29, 1.82) is 0 Å². The average Bonchev–Trinajstić information content (AvgIpc) is 3.11. The number of aromatic amines is 1. The maximum absolute atomic E-state index is 5.37. The van der Waals surface area contributed by atoms with E-state index in [1.807, 2.05) is 13.1 Å². The number of H-pyrrole nitrogens is 1. The number of hydrogen-bond acceptors (Lipinski definition) is 6. The van der Waals surface area contributed by atoms with Gasteiger partial charge in [0.25, 0.3) is 5.19 Å².